The average Bonchev–Trinajstić information content (AvgIpc) is 3.03. The molecule has 5 heteroatoms. The topological polar surface area (TPSA) is 59.9 Å². The van der Waals surface area contributed by atoms with Gasteiger partial charge in [-0.05, 0) is 31.4 Å². The number of nitrogens with one attached hydrogen (secondary N) is 1. The second-order valence-corrected chi connectivity index (χ2v) is 6.33. The second-order valence-electron chi connectivity index (χ2n) is 6.33. The van der Waals surface area contributed by atoms with Crippen LogP contribution in [0.25, 0.3) is 0 Å². The number of ether oxygens (including phenoxy) is 1. The predicted octanol–water partition coefficient (Wildman–Crippen LogP) is 3.33. The fraction of sp³-hybridized carbons (Fsp3) is 0.556. The van der Waals surface area contributed by atoms with Crippen LogP contribution in [0.3, 0.4) is 0 Å². The van der Waals surface area contributed by atoms with Crippen LogP contribution in [0.4, 0.5) is 0 Å². The minimum absolute atomic E-state index is 0.101. The molecule has 5 nitrogen and oxygen atoms in total. The van der Waals surface area contributed by atoms with Crippen molar-refractivity contribution in [2.75, 3.05) is 6.61 Å². The third-order valence-electron chi connectivity index (χ3n) is 4.69. The van der Waals surface area contributed by atoms with Crippen molar-refractivity contribution in [2.45, 2.75) is 51.5 Å². The molecule has 0 bridgehead atoms. The van der Waals surface area contributed by atoms with Crippen LogP contribution in [0, 0.1) is 5.92 Å². The first-order valence-corrected chi connectivity index (χ1v) is 8.61. The molecule has 0 saturated heterocycles. The van der Waals surface area contributed by atoms with E-state index in [0.29, 0.717) is 18.4 Å². The summed E-state index contributed by atoms with van der Waals surface area (Å²) in [5.41, 5.74) is 1.25. The Hall–Kier alpha value is -2.04. The maximum atomic E-state index is 11.1. The standard InChI is InChI=1S/C18H25N3O2/c1-2-11-21-17(9-10-20-21)16-6-4-3-5-14(16)13-23-15-7-8-18(22)19-12-15/h7-10,12,14,16H,2-6,11,13H2,1H3,(H,19,22). The van der Waals surface area contributed by atoms with Crippen molar-refractivity contribution in [3.63, 3.8) is 0 Å². The summed E-state index contributed by atoms with van der Waals surface area (Å²) in [6, 6.07) is 5.40. The molecule has 2 unspecified atom stereocenters. The molecule has 1 aliphatic rings. The summed E-state index contributed by atoms with van der Waals surface area (Å²) in [7, 11) is 0. The van der Waals surface area contributed by atoms with E-state index in [0.717, 1.165) is 18.7 Å². The monoisotopic (exact) mass is 315 g/mol. The number of hydrogen-bond donors (Lipinski definition) is 1. The molecule has 3 rings (SSSR count). The normalized spacial score (nSPS) is 21.3. The van der Waals surface area contributed by atoms with Crippen LogP contribution >= 0.6 is 0 Å². The molecule has 0 aromatic carbocycles. The Bertz CT molecular complexity index is 656. The highest BCUT2D eigenvalue weighted by atomic mass is 16.5. The van der Waals surface area contributed by atoms with Gasteiger partial charge in [-0.15, -0.1) is 0 Å². The van der Waals surface area contributed by atoms with Crippen LogP contribution in [-0.4, -0.2) is 21.4 Å². The lowest BCUT2D eigenvalue weighted by atomic mass is 9.78. The molecular formula is C18H25N3O2. The van der Waals surface area contributed by atoms with Gasteiger partial charge in [-0.2, -0.15) is 5.10 Å². The lowest BCUT2D eigenvalue weighted by Gasteiger charge is -2.31. The van der Waals surface area contributed by atoms with Gasteiger partial charge in [0.25, 0.3) is 0 Å². The molecule has 1 fully saturated rings. The van der Waals surface area contributed by atoms with Crippen LogP contribution in [0.1, 0.15) is 50.6 Å². The number of nitrogens with zero attached hydrogens (tertiary/aromatic N) is 2. The van der Waals surface area contributed by atoms with Gasteiger partial charge < -0.3 is 9.72 Å². The van der Waals surface area contributed by atoms with Gasteiger partial charge in [0.05, 0.1) is 6.61 Å². The van der Waals surface area contributed by atoms with Crippen LogP contribution in [0.15, 0.2) is 35.4 Å². The Morgan fingerprint density at radius 1 is 1.30 bits per heavy atom. The molecule has 23 heavy (non-hydrogen) atoms. The van der Waals surface area contributed by atoms with Crippen molar-refractivity contribution in [1.29, 1.82) is 0 Å². The minimum atomic E-state index is -0.101. The lowest BCUT2D eigenvalue weighted by Crippen LogP contribution is -2.26. The summed E-state index contributed by atoms with van der Waals surface area (Å²) in [5, 5.41) is 4.48. The number of aromatic amines is 1. The number of pyridine rings is 1. The van der Waals surface area contributed by atoms with E-state index >= 15 is 0 Å². The Balaban J connectivity index is 1.69. The van der Waals surface area contributed by atoms with Gasteiger partial charge >= 0.3 is 0 Å². The first-order valence-electron chi connectivity index (χ1n) is 8.61. The molecule has 0 aliphatic heterocycles. The third kappa shape index (κ3) is 3.84. The van der Waals surface area contributed by atoms with Crippen molar-refractivity contribution >= 4 is 0 Å². The maximum Gasteiger partial charge on any atom is 0.248 e. The molecule has 1 N–H and O–H groups in total. The van der Waals surface area contributed by atoms with Crippen LogP contribution in [0.2, 0.25) is 0 Å². The van der Waals surface area contributed by atoms with Crippen molar-refractivity contribution in [3.8, 4) is 5.75 Å². The molecular weight excluding hydrogens is 290 g/mol. The summed E-state index contributed by atoms with van der Waals surface area (Å²) in [5.74, 6) is 1.75. The smallest absolute Gasteiger partial charge is 0.248 e. The fourth-order valence-corrected chi connectivity index (χ4v) is 3.54. The summed E-state index contributed by atoms with van der Waals surface area (Å²) in [4.78, 5) is 13.8. The number of aryl methyl sites for hydroxylation is 1. The lowest BCUT2D eigenvalue weighted by molar-refractivity contribution is 0.181. The van der Waals surface area contributed by atoms with Crippen LogP contribution in [-0.2, 0) is 6.54 Å². The van der Waals surface area contributed by atoms with Gasteiger partial charge in [-0.1, -0.05) is 19.8 Å². The van der Waals surface area contributed by atoms with E-state index in [1.165, 1.54) is 37.4 Å². The van der Waals surface area contributed by atoms with Crippen molar-refractivity contribution < 1.29 is 4.74 Å². The van der Waals surface area contributed by atoms with Crippen LogP contribution < -0.4 is 10.3 Å². The highest BCUT2D eigenvalue weighted by molar-refractivity contribution is 5.16. The molecule has 1 aliphatic carbocycles. The molecule has 2 aromatic rings. The zero-order valence-electron chi connectivity index (χ0n) is 13.7. The zero-order valence-corrected chi connectivity index (χ0v) is 13.7. The number of hydrogen-bond acceptors (Lipinski definition) is 3. The molecule has 0 spiro atoms. The van der Waals surface area contributed by atoms with E-state index < -0.39 is 0 Å². The maximum absolute atomic E-state index is 11.1. The first kappa shape index (κ1) is 15.8. The highest BCUT2D eigenvalue weighted by Gasteiger charge is 2.29. The van der Waals surface area contributed by atoms with E-state index in [9.17, 15) is 4.79 Å². The largest absolute Gasteiger partial charge is 0.492 e. The van der Waals surface area contributed by atoms with Crippen molar-refractivity contribution in [1.82, 2.24) is 14.8 Å². The summed E-state index contributed by atoms with van der Waals surface area (Å²) in [6.45, 7) is 3.85. The Kier molecular flexibility index (Phi) is 5.16. The summed E-state index contributed by atoms with van der Waals surface area (Å²) < 4.78 is 8.08. The van der Waals surface area contributed by atoms with Crippen molar-refractivity contribution in [2.24, 2.45) is 5.92 Å². The Morgan fingerprint density at radius 2 is 2.17 bits per heavy atom. The molecule has 2 aromatic heterocycles. The SMILES string of the molecule is CCCn1nccc1C1CCCCC1COc1ccc(=O)[nH]c1. The van der Waals surface area contributed by atoms with Gasteiger partial charge in [0.1, 0.15) is 5.75 Å². The molecule has 0 amide bonds. The molecule has 0 radical (unpaired) electrons. The molecule has 2 heterocycles. The van der Waals surface area contributed by atoms with Gasteiger partial charge in [-0.25, -0.2) is 0 Å². The van der Waals surface area contributed by atoms with E-state index in [1.54, 1.807) is 12.3 Å². The van der Waals surface area contributed by atoms with Crippen LogP contribution in [0.5, 0.6) is 5.75 Å². The Morgan fingerprint density at radius 3 is 2.96 bits per heavy atom. The number of aromatic nitrogens is 3. The van der Waals surface area contributed by atoms with E-state index in [4.69, 9.17) is 4.74 Å². The molecule has 124 valence electrons. The molecule has 1 saturated carbocycles. The molecule has 2 atom stereocenters. The van der Waals surface area contributed by atoms with E-state index in [-0.39, 0.29) is 5.56 Å². The number of H-pyrrole nitrogens is 1. The minimum Gasteiger partial charge on any atom is -0.492 e. The number of rotatable bonds is 6. The van der Waals surface area contributed by atoms with Crippen molar-refractivity contribution in [3.05, 3.63) is 46.6 Å². The van der Waals surface area contributed by atoms with Gasteiger partial charge in [0, 0.05) is 42.5 Å². The summed E-state index contributed by atoms with van der Waals surface area (Å²) >= 11 is 0. The summed E-state index contributed by atoms with van der Waals surface area (Å²) in [6.07, 6.45) is 9.58. The van der Waals surface area contributed by atoms with E-state index in [1.807, 2.05) is 6.20 Å². The quantitative estimate of drug-likeness (QED) is 0.889. The predicted molar refractivity (Wildman–Crippen MR) is 89.8 cm³/mol. The highest BCUT2D eigenvalue weighted by Crippen LogP contribution is 2.38. The Labute approximate surface area is 136 Å². The van der Waals surface area contributed by atoms with Gasteiger partial charge in [0.2, 0.25) is 5.56 Å². The van der Waals surface area contributed by atoms with Gasteiger partial charge in [0.15, 0.2) is 0 Å². The second kappa shape index (κ2) is 7.49. The zero-order chi connectivity index (χ0) is 16.1. The first-order chi connectivity index (χ1) is 11.3. The van der Waals surface area contributed by atoms with Gasteiger partial charge in [-0.3, -0.25) is 9.48 Å². The average molecular weight is 315 g/mol. The fourth-order valence-electron chi connectivity index (χ4n) is 3.54. The van der Waals surface area contributed by atoms with E-state index in [2.05, 4.69) is 27.8 Å². The third-order valence-corrected chi connectivity index (χ3v) is 4.69.